The van der Waals surface area contributed by atoms with E-state index in [2.05, 4.69) is 4.98 Å². The van der Waals surface area contributed by atoms with Crippen LogP contribution in [0.1, 0.15) is 45.1 Å². The largest absolute Gasteiger partial charge is 0.497 e. The molecule has 0 spiro atoms. The van der Waals surface area contributed by atoms with Crippen LogP contribution >= 0.6 is 11.6 Å². The van der Waals surface area contributed by atoms with Gasteiger partial charge in [-0.05, 0) is 44.9 Å². The van der Waals surface area contributed by atoms with Crippen molar-refractivity contribution in [3.05, 3.63) is 75.8 Å². The molecule has 2 saturated heterocycles. The van der Waals surface area contributed by atoms with Gasteiger partial charge in [-0.2, -0.15) is 0 Å². The van der Waals surface area contributed by atoms with Crippen LogP contribution in [-0.2, 0) is 16.1 Å². The Hall–Kier alpha value is -4.43. The van der Waals surface area contributed by atoms with Crippen molar-refractivity contribution in [2.75, 3.05) is 39.0 Å². The van der Waals surface area contributed by atoms with Gasteiger partial charge in [0.2, 0.25) is 11.8 Å². The number of halogens is 3. The molecule has 1 aromatic heterocycles. The van der Waals surface area contributed by atoms with Gasteiger partial charge >= 0.3 is 6.09 Å². The number of anilines is 1. The molecule has 15 heteroatoms. The molecule has 0 bridgehead atoms. The van der Waals surface area contributed by atoms with Gasteiger partial charge in [0.1, 0.15) is 29.0 Å². The molecule has 0 radical (unpaired) electrons. The zero-order valence-electron chi connectivity index (χ0n) is 27.7. The van der Waals surface area contributed by atoms with Crippen molar-refractivity contribution in [3.63, 3.8) is 0 Å². The number of likely N-dealkylation sites (tertiary alicyclic amines) is 2. The molecule has 12 nitrogen and oxygen atoms in total. The lowest BCUT2D eigenvalue weighted by Gasteiger charge is -2.46. The van der Waals surface area contributed by atoms with Gasteiger partial charge in [-0.1, -0.05) is 41.9 Å². The number of hydrogen-bond donors (Lipinski definition) is 2. The van der Waals surface area contributed by atoms with Crippen molar-refractivity contribution in [2.45, 2.75) is 63.2 Å². The van der Waals surface area contributed by atoms with E-state index in [1.807, 2.05) is 30.3 Å². The van der Waals surface area contributed by atoms with E-state index in [-0.39, 0.29) is 42.7 Å². The number of carbonyl (C=O) groups is 2. The number of nitrogens with zero attached hydrogens (tertiary/aromatic N) is 4. The summed E-state index contributed by atoms with van der Waals surface area (Å²) in [5.41, 5.74) is 2.00. The number of aromatic nitrogens is 2. The topological polar surface area (TPSA) is 149 Å². The van der Waals surface area contributed by atoms with Gasteiger partial charge in [0.25, 0.3) is 11.5 Å². The summed E-state index contributed by atoms with van der Waals surface area (Å²) in [6.45, 7) is 3.60. The van der Waals surface area contributed by atoms with Crippen LogP contribution in [0.25, 0.3) is 0 Å². The normalized spacial score (nSPS) is 22.4. The Balaban J connectivity index is 1.30. The number of benzene rings is 2. The molecule has 2 aliphatic heterocycles. The summed E-state index contributed by atoms with van der Waals surface area (Å²) in [5, 5.41) is 11.5. The number of hydrogen-bond acceptors (Lipinski definition) is 9. The Morgan fingerprint density at radius 3 is 2.45 bits per heavy atom. The number of methoxy groups -OCH3 is 1. The highest BCUT2D eigenvalue weighted by molar-refractivity contribution is 6.30. The van der Waals surface area contributed by atoms with E-state index in [0.29, 0.717) is 5.75 Å². The Labute approximate surface area is 287 Å². The predicted molar refractivity (Wildman–Crippen MR) is 177 cm³/mol. The van der Waals surface area contributed by atoms with Crippen molar-refractivity contribution in [1.82, 2.24) is 19.4 Å². The Morgan fingerprint density at radius 2 is 1.80 bits per heavy atom. The quantitative estimate of drug-likeness (QED) is 0.350. The van der Waals surface area contributed by atoms with Crippen molar-refractivity contribution in [1.29, 1.82) is 0 Å². The van der Waals surface area contributed by atoms with Crippen LogP contribution in [-0.4, -0.2) is 86.9 Å². The summed E-state index contributed by atoms with van der Waals surface area (Å²) in [6.07, 6.45) is 0.166. The number of nitrogens with two attached hydrogens (primary N) is 1. The maximum absolute atomic E-state index is 15.8. The molecule has 3 N–H and O–H groups in total. The lowest BCUT2D eigenvalue weighted by atomic mass is 9.79. The third-order valence-electron chi connectivity index (χ3n) is 8.75. The van der Waals surface area contributed by atoms with Crippen molar-refractivity contribution >= 4 is 29.3 Å². The highest BCUT2D eigenvalue weighted by atomic mass is 35.5. The molecule has 0 aliphatic carbocycles. The Bertz CT molecular complexity index is 1750. The molecule has 3 aromatic rings. The summed E-state index contributed by atoms with van der Waals surface area (Å²) in [6, 6.07) is 13.6. The standard InChI is InChI=1S/C34H40ClF2N5O7/c1-32(2,3)49-31(45)40-12-10-25(26(17-40)21-8-6-5-7-9-21)29(43)41-13-11-33(46,34(36,37)19-41)18-42-20-39-28(27(38)30(42)44)48-24-15-22(35)14-23(16-24)47-4/h5-9,14-16,20,25-26,46H,10-13,17-19,38H2,1-4H3/t25-,26+,33+/m1/s1. The number of carbonyl (C=O) groups excluding carboxylic acids is 2. The van der Waals surface area contributed by atoms with Crippen LogP contribution in [0.4, 0.5) is 19.3 Å². The van der Waals surface area contributed by atoms with Crippen LogP contribution < -0.4 is 20.8 Å². The van der Waals surface area contributed by atoms with E-state index in [1.165, 1.54) is 24.1 Å². The number of nitrogen functional groups attached to an aromatic ring is 1. The van der Waals surface area contributed by atoms with Crippen LogP contribution in [0.3, 0.4) is 0 Å². The van der Waals surface area contributed by atoms with E-state index in [9.17, 15) is 19.5 Å². The summed E-state index contributed by atoms with van der Waals surface area (Å²) in [5.74, 6) is -5.19. The minimum absolute atomic E-state index is 0.172. The molecule has 264 valence electrons. The van der Waals surface area contributed by atoms with Gasteiger partial charge in [-0.3, -0.25) is 14.2 Å². The van der Waals surface area contributed by atoms with Gasteiger partial charge in [0, 0.05) is 49.0 Å². The van der Waals surface area contributed by atoms with Crippen LogP contribution in [0.15, 0.2) is 59.7 Å². The van der Waals surface area contributed by atoms with E-state index in [1.54, 1.807) is 26.8 Å². The third-order valence-corrected chi connectivity index (χ3v) is 8.97. The number of aliphatic hydroxyl groups is 1. The number of piperidine rings is 2. The molecule has 0 saturated carbocycles. The van der Waals surface area contributed by atoms with Crippen molar-refractivity contribution in [3.8, 4) is 17.4 Å². The van der Waals surface area contributed by atoms with Gasteiger partial charge in [-0.15, -0.1) is 0 Å². The SMILES string of the molecule is COc1cc(Cl)cc(Oc2ncn(C[C@@]3(O)CCN(C(=O)[C@@H]4CCN(C(=O)OC(C)(C)C)C[C@H]4c4ccccc4)CC3(F)F)c(=O)c2N)c1. The lowest BCUT2D eigenvalue weighted by molar-refractivity contribution is -0.223. The number of rotatable bonds is 7. The van der Waals surface area contributed by atoms with Crippen molar-refractivity contribution < 1.29 is 37.7 Å². The van der Waals surface area contributed by atoms with E-state index < -0.39 is 71.7 Å². The molecule has 2 aromatic carbocycles. The molecule has 0 unspecified atom stereocenters. The highest BCUT2D eigenvalue weighted by Gasteiger charge is 2.58. The van der Waals surface area contributed by atoms with Gasteiger partial charge in [0.05, 0.1) is 20.2 Å². The summed E-state index contributed by atoms with van der Waals surface area (Å²) < 4.78 is 48.8. The predicted octanol–water partition coefficient (Wildman–Crippen LogP) is 4.92. The number of amides is 2. The molecule has 2 fully saturated rings. The Kier molecular flexibility index (Phi) is 10.1. The maximum Gasteiger partial charge on any atom is 0.410 e. The second kappa shape index (κ2) is 13.8. The molecule has 5 rings (SSSR count). The summed E-state index contributed by atoms with van der Waals surface area (Å²) >= 11 is 6.07. The van der Waals surface area contributed by atoms with Gasteiger partial charge < -0.3 is 34.9 Å². The van der Waals surface area contributed by atoms with Crippen molar-refractivity contribution in [2.24, 2.45) is 5.92 Å². The summed E-state index contributed by atoms with van der Waals surface area (Å²) in [4.78, 5) is 46.5. The Morgan fingerprint density at radius 1 is 1.10 bits per heavy atom. The molecule has 2 aliphatic rings. The fourth-order valence-corrected chi connectivity index (χ4v) is 6.37. The minimum atomic E-state index is -3.80. The highest BCUT2D eigenvalue weighted by Crippen LogP contribution is 2.41. The van der Waals surface area contributed by atoms with E-state index >= 15 is 8.78 Å². The van der Waals surface area contributed by atoms with Crippen LogP contribution in [0.5, 0.6) is 17.4 Å². The fourth-order valence-electron chi connectivity index (χ4n) is 6.16. The van der Waals surface area contributed by atoms with Gasteiger partial charge in [-0.25, -0.2) is 18.6 Å². The first-order chi connectivity index (χ1) is 23.0. The first-order valence-electron chi connectivity index (χ1n) is 15.8. The molecule has 49 heavy (non-hydrogen) atoms. The third kappa shape index (κ3) is 7.91. The molecule has 3 atom stereocenters. The van der Waals surface area contributed by atoms with E-state index in [0.717, 1.165) is 21.4 Å². The number of alkyl halides is 2. The van der Waals surface area contributed by atoms with Crippen LogP contribution in [0.2, 0.25) is 5.02 Å². The zero-order valence-corrected chi connectivity index (χ0v) is 28.5. The maximum atomic E-state index is 15.8. The fraction of sp³-hybridized carbons (Fsp3) is 0.471. The monoisotopic (exact) mass is 703 g/mol. The average molecular weight is 704 g/mol. The summed E-state index contributed by atoms with van der Waals surface area (Å²) in [7, 11) is 1.43. The van der Waals surface area contributed by atoms with Gasteiger partial charge in [0.15, 0.2) is 5.69 Å². The molecular formula is C34H40ClF2N5O7. The minimum Gasteiger partial charge on any atom is -0.497 e. The smallest absolute Gasteiger partial charge is 0.410 e. The second-order valence-corrected chi connectivity index (χ2v) is 13.8. The number of ether oxygens (including phenoxy) is 3. The first kappa shape index (κ1) is 35.9. The van der Waals surface area contributed by atoms with Crippen LogP contribution in [0, 0.1) is 5.92 Å². The second-order valence-electron chi connectivity index (χ2n) is 13.4. The molecule has 3 heterocycles. The zero-order chi connectivity index (χ0) is 35.7. The lowest BCUT2D eigenvalue weighted by Crippen LogP contribution is -2.64. The average Bonchev–Trinajstić information content (AvgIpc) is 3.04. The molecular weight excluding hydrogens is 664 g/mol. The molecule has 2 amide bonds. The van der Waals surface area contributed by atoms with E-state index in [4.69, 9.17) is 31.5 Å². The first-order valence-corrected chi connectivity index (χ1v) is 16.2.